The van der Waals surface area contributed by atoms with Gasteiger partial charge in [-0.25, -0.2) is 0 Å². The van der Waals surface area contributed by atoms with Crippen LogP contribution in [0.25, 0.3) is 6.08 Å². The molecule has 0 spiro atoms. The van der Waals surface area contributed by atoms with Crippen LogP contribution < -0.4 is 4.74 Å². The highest BCUT2D eigenvalue weighted by molar-refractivity contribution is 14.1. The van der Waals surface area contributed by atoms with E-state index < -0.39 is 0 Å². The molecule has 21 heavy (non-hydrogen) atoms. The number of rotatable bonds is 5. The van der Waals surface area contributed by atoms with Crippen LogP contribution in [0.5, 0.6) is 5.75 Å². The first-order chi connectivity index (χ1) is 10.2. The highest BCUT2D eigenvalue weighted by Gasteiger charge is 1.99. The molecule has 2 nitrogen and oxygen atoms in total. The van der Waals surface area contributed by atoms with Gasteiger partial charge in [-0.05, 0) is 58.5 Å². The van der Waals surface area contributed by atoms with E-state index in [2.05, 4.69) is 22.6 Å². The summed E-state index contributed by atoms with van der Waals surface area (Å²) in [5.74, 6) is 0.836. The van der Waals surface area contributed by atoms with E-state index in [-0.39, 0.29) is 5.78 Å². The number of allylic oxidation sites excluding steroid dienone is 3. The number of ether oxygens (including phenoxy) is 1. The Morgan fingerprint density at radius 1 is 1.00 bits per heavy atom. The largest absolute Gasteiger partial charge is 0.497 e. The summed E-state index contributed by atoms with van der Waals surface area (Å²) >= 11 is 2.22. The fourth-order valence-corrected chi connectivity index (χ4v) is 2.09. The lowest BCUT2D eigenvalue weighted by molar-refractivity contribution is 0.104. The third-order valence-corrected chi connectivity index (χ3v) is 3.61. The summed E-state index contributed by atoms with van der Waals surface area (Å²) in [4.78, 5) is 11.9. The molecule has 0 amide bonds. The number of benzene rings is 2. The van der Waals surface area contributed by atoms with Gasteiger partial charge < -0.3 is 4.74 Å². The van der Waals surface area contributed by atoms with Crippen molar-refractivity contribution in [1.82, 2.24) is 0 Å². The molecule has 3 heteroatoms. The number of carbonyl (C=O) groups is 1. The standard InChI is InChI=1S/C18H15IO2/c1-21-17-12-6-14(7-13-17)4-2-3-5-18(20)15-8-10-16(19)11-9-15/h2-13H,1H3/b4-2+,5-3+. The molecule has 0 radical (unpaired) electrons. The Morgan fingerprint density at radius 2 is 1.67 bits per heavy atom. The lowest BCUT2D eigenvalue weighted by atomic mass is 10.1. The second-order valence-corrected chi connectivity index (χ2v) is 5.61. The van der Waals surface area contributed by atoms with Gasteiger partial charge in [0.2, 0.25) is 0 Å². The average Bonchev–Trinajstić information content (AvgIpc) is 2.52. The van der Waals surface area contributed by atoms with Crippen molar-refractivity contribution in [2.45, 2.75) is 0 Å². The maximum atomic E-state index is 11.9. The zero-order valence-electron chi connectivity index (χ0n) is 11.6. The molecule has 0 aromatic heterocycles. The molecular weight excluding hydrogens is 375 g/mol. The van der Waals surface area contributed by atoms with E-state index in [0.717, 1.165) is 14.9 Å². The number of hydrogen-bond donors (Lipinski definition) is 0. The Morgan fingerprint density at radius 3 is 2.29 bits per heavy atom. The number of carbonyl (C=O) groups excluding carboxylic acids is 1. The first-order valence-electron chi connectivity index (χ1n) is 6.48. The molecule has 0 N–H and O–H groups in total. The van der Waals surface area contributed by atoms with E-state index in [4.69, 9.17) is 4.74 Å². The van der Waals surface area contributed by atoms with Crippen LogP contribution in [0.2, 0.25) is 0 Å². The Balaban J connectivity index is 1.96. The normalized spacial score (nSPS) is 11.1. The molecule has 0 aliphatic rings. The van der Waals surface area contributed by atoms with E-state index in [1.165, 1.54) is 0 Å². The minimum atomic E-state index is 0.00535. The van der Waals surface area contributed by atoms with Crippen LogP contribution in [-0.2, 0) is 0 Å². The fourth-order valence-electron chi connectivity index (χ4n) is 1.74. The lowest BCUT2D eigenvalue weighted by Crippen LogP contribution is -1.93. The summed E-state index contributed by atoms with van der Waals surface area (Å²) in [5.41, 5.74) is 1.76. The second-order valence-electron chi connectivity index (χ2n) is 4.36. The number of ketones is 1. The number of methoxy groups -OCH3 is 1. The van der Waals surface area contributed by atoms with Gasteiger partial charge in [0, 0.05) is 9.13 Å². The second kappa shape index (κ2) is 7.78. The smallest absolute Gasteiger partial charge is 0.185 e. The van der Waals surface area contributed by atoms with Crippen LogP contribution >= 0.6 is 22.6 Å². The summed E-state index contributed by atoms with van der Waals surface area (Å²) in [7, 11) is 1.64. The maximum absolute atomic E-state index is 11.9. The Hall–Kier alpha value is -1.88. The minimum Gasteiger partial charge on any atom is -0.497 e. The van der Waals surface area contributed by atoms with Crippen molar-refractivity contribution in [3.05, 3.63) is 81.5 Å². The molecule has 2 aromatic carbocycles. The van der Waals surface area contributed by atoms with Gasteiger partial charge in [-0.2, -0.15) is 0 Å². The van der Waals surface area contributed by atoms with E-state index in [1.807, 2.05) is 60.7 Å². The van der Waals surface area contributed by atoms with E-state index in [9.17, 15) is 4.79 Å². The Labute approximate surface area is 138 Å². The molecule has 106 valence electrons. The zero-order chi connectivity index (χ0) is 15.1. The van der Waals surface area contributed by atoms with Crippen molar-refractivity contribution in [3.8, 4) is 5.75 Å². The maximum Gasteiger partial charge on any atom is 0.185 e. The molecule has 0 fully saturated rings. The van der Waals surface area contributed by atoms with Gasteiger partial charge in [-0.1, -0.05) is 42.5 Å². The van der Waals surface area contributed by atoms with E-state index in [1.54, 1.807) is 19.3 Å². The molecule has 0 aliphatic carbocycles. The van der Waals surface area contributed by atoms with Crippen molar-refractivity contribution < 1.29 is 9.53 Å². The number of halogens is 1. The van der Waals surface area contributed by atoms with Crippen molar-refractivity contribution in [2.24, 2.45) is 0 Å². The van der Waals surface area contributed by atoms with Crippen molar-refractivity contribution in [2.75, 3.05) is 7.11 Å². The quantitative estimate of drug-likeness (QED) is 0.319. The Bertz CT molecular complexity index is 653. The molecule has 0 saturated carbocycles. The predicted molar refractivity (Wildman–Crippen MR) is 94.7 cm³/mol. The topological polar surface area (TPSA) is 26.3 Å². The van der Waals surface area contributed by atoms with Gasteiger partial charge in [-0.3, -0.25) is 4.79 Å². The van der Waals surface area contributed by atoms with Crippen LogP contribution in [0.15, 0.2) is 66.8 Å². The molecule has 0 aliphatic heterocycles. The van der Waals surface area contributed by atoms with Gasteiger partial charge in [0.15, 0.2) is 5.78 Å². The first kappa shape index (κ1) is 15.5. The van der Waals surface area contributed by atoms with Crippen LogP contribution in [-0.4, -0.2) is 12.9 Å². The highest BCUT2D eigenvalue weighted by Crippen LogP contribution is 2.12. The summed E-state index contributed by atoms with van der Waals surface area (Å²) in [6, 6.07) is 15.3. The van der Waals surface area contributed by atoms with Gasteiger partial charge in [0.05, 0.1) is 7.11 Å². The zero-order valence-corrected chi connectivity index (χ0v) is 13.8. The third kappa shape index (κ3) is 4.86. The summed E-state index contributed by atoms with van der Waals surface area (Å²) in [6.45, 7) is 0. The molecule has 0 atom stereocenters. The summed E-state index contributed by atoms with van der Waals surface area (Å²) in [5, 5.41) is 0. The van der Waals surface area contributed by atoms with Gasteiger partial charge in [-0.15, -0.1) is 0 Å². The van der Waals surface area contributed by atoms with Gasteiger partial charge in [0.25, 0.3) is 0 Å². The Kier molecular flexibility index (Phi) is 5.75. The minimum absolute atomic E-state index is 0.00535. The first-order valence-corrected chi connectivity index (χ1v) is 7.55. The van der Waals surface area contributed by atoms with Crippen molar-refractivity contribution >= 4 is 34.5 Å². The molecule has 0 saturated heterocycles. The summed E-state index contributed by atoms with van der Waals surface area (Å²) < 4.78 is 6.22. The third-order valence-electron chi connectivity index (χ3n) is 2.89. The highest BCUT2D eigenvalue weighted by atomic mass is 127. The fraction of sp³-hybridized carbons (Fsp3) is 0.0556. The van der Waals surface area contributed by atoms with Crippen LogP contribution in [0.4, 0.5) is 0 Å². The molecular formula is C18H15IO2. The molecule has 0 bridgehead atoms. The monoisotopic (exact) mass is 390 g/mol. The van der Waals surface area contributed by atoms with Gasteiger partial charge in [0.1, 0.15) is 5.75 Å². The predicted octanol–water partition coefficient (Wildman–Crippen LogP) is 4.75. The molecule has 0 unspecified atom stereocenters. The lowest BCUT2D eigenvalue weighted by Gasteiger charge is -1.98. The van der Waals surface area contributed by atoms with Crippen LogP contribution in [0.3, 0.4) is 0 Å². The SMILES string of the molecule is COc1ccc(/C=C/C=C/C(=O)c2ccc(I)cc2)cc1. The molecule has 2 rings (SSSR count). The average molecular weight is 390 g/mol. The van der Waals surface area contributed by atoms with E-state index >= 15 is 0 Å². The molecule has 2 aromatic rings. The number of hydrogen-bond acceptors (Lipinski definition) is 2. The van der Waals surface area contributed by atoms with Crippen molar-refractivity contribution in [1.29, 1.82) is 0 Å². The molecule has 0 heterocycles. The van der Waals surface area contributed by atoms with Crippen LogP contribution in [0, 0.1) is 3.57 Å². The van der Waals surface area contributed by atoms with Gasteiger partial charge >= 0.3 is 0 Å². The summed E-state index contributed by atoms with van der Waals surface area (Å²) in [6.07, 6.45) is 7.12. The van der Waals surface area contributed by atoms with Crippen molar-refractivity contribution in [3.63, 3.8) is 0 Å². The van der Waals surface area contributed by atoms with E-state index in [0.29, 0.717) is 5.56 Å². The van der Waals surface area contributed by atoms with Crippen LogP contribution in [0.1, 0.15) is 15.9 Å².